The lowest BCUT2D eigenvalue weighted by atomic mass is 10.2. The molecule has 0 atom stereocenters. The highest BCUT2D eigenvalue weighted by Gasteiger charge is 2.04. The monoisotopic (exact) mass is 345 g/mol. The van der Waals surface area contributed by atoms with Crippen LogP contribution in [0, 0.1) is 11.3 Å². The van der Waals surface area contributed by atoms with Crippen molar-refractivity contribution in [3.8, 4) is 11.8 Å². The number of benzene rings is 2. The van der Waals surface area contributed by atoms with E-state index in [0.717, 1.165) is 23.4 Å². The molecule has 0 saturated heterocycles. The van der Waals surface area contributed by atoms with Gasteiger partial charge >= 0.3 is 0 Å². The molecule has 6 nitrogen and oxygen atoms in total. The third-order valence-corrected chi connectivity index (χ3v) is 3.86. The summed E-state index contributed by atoms with van der Waals surface area (Å²) < 4.78 is 1.82. The van der Waals surface area contributed by atoms with Crippen LogP contribution in [-0.2, 0) is 11.2 Å². The van der Waals surface area contributed by atoms with Crippen LogP contribution in [0.5, 0.6) is 0 Å². The summed E-state index contributed by atoms with van der Waals surface area (Å²) in [5.41, 5.74) is 3.47. The first-order chi connectivity index (χ1) is 12.7. The summed E-state index contributed by atoms with van der Waals surface area (Å²) in [6.07, 6.45) is 4.50. The zero-order chi connectivity index (χ0) is 18.2. The molecule has 0 aliphatic rings. The van der Waals surface area contributed by atoms with Crippen LogP contribution in [0.3, 0.4) is 0 Å². The lowest BCUT2D eigenvalue weighted by Gasteiger charge is -2.07. The largest absolute Gasteiger partial charge is 0.376 e. The summed E-state index contributed by atoms with van der Waals surface area (Å²) in [4.78, 5) is 11.9. The van der Waals surface area contributed by atoms with E-state index >= 15 is 0 Å². The molecule has 2 aromatic carbocycles. The van der Waals surface area contributed by atoms with Gasteiger partial charge in [-0.15, -0.1) is 0 Å². The molecule has 0 fully saturated rings. The van der Waals surface area contributed by atoms with Crippen LogP contribution < -0.4 is 10.6 Å². The standard InChI is InChI=1S/C20H19N5O/c21-12-16-6-8-18(9-7-16)23-14-20(26)22-11-10-17-13-24-25(15-17)19-4-2-1-3-5-19/h1-9,13,15,23H,10-11,14H2,(H,22,26). The molecule has 6 heteroatoms. The number of rotatable bonds is 7. The zero-order valence-corrected chi connectivity index (χ0v) is 14.2. The highest BCUT2D eigenvalue weighted by atomic mass is 16.1. The predicted molar refractivity (Wildman–Crippen MR) is 99.9 cm³/mol. The smallest absolute Gasteiger partial charge is 0.239 e. The fraction of sp³-hybridized carbons (Fsp3) is 0.150. The van der Waals surface area contributed by atoms with Gasteiger partial charge < -0.3 is 10.6 Å². The molecule has 1 amide bonds. The van der Waals surface area contributed by atoms with E-state index in [9.17, 15) is 4.79 Å². The maximum absolute atomic E-state index is 11.9. The summed E-state index contributed by atoms with van der Waals surface area (Å²) in [6.45, 7) is 0.740. The Balaban J connectivity index is 1.41. The molecule has 1 heterocycles. The first kappa shape index (κ1) is 17.2. The molecule has 0 bridgehead atoms. The van der Waals surface area contributed by atoms with Gasteiger partial charge in [-0.3, -0.25) is 4.79 Å². The third kappa shape index (κ3) is 4.71. The Morgan fingerprint density at radius 2 is 1.88 bits per heavy atom. The van der Waals surface area contributed by atoms with Gasteiger partial charge in [-0.2, -0.15) is 10.4 Å². The van der Waals surface area contributed by atoms with Gasteiger partial charge in [0, 0.05) is 18.4 Å². The van der Waals surface area contributed by atoms with Crippen molar-refractivity contribution < 1.29 is 4.79 Å². The van der Waals surface area contributed by atoms with Gasteiger partial charge in [0.05, 0.1) is 30.1 Å². The summed E-state index contributed by atoms with van der Waals surface area (Å²) in [7, 11) is 0. The lowest BCUT2D eigenvalue weighted by molar-refractivity contribution is -0.119. The molecule has 130 valence electrons. The van der Waals surface area contributed by atoms with Crippen LogP contribution in [0.2, 0.25) is 0 Å². The minimum atomic E-state index is -0.0789. The highest BCUT2D eigenvalue weighted by molar-refractivity contribution is 5.80. The average Bonchev–Trinajstić information content (AvgIpc) is 3.16. The number of carbonyl (C=O) groups is 1. The molecule has 3 rings (SSSR count). The Hall–Kier alpha value is -3.59. The number of aromatic nitrogens is 2. The highest BCUT2D eigenvalue weighted by Crippen LogP contribution is 2.09. The van der Waals surface area contributed by atoms with Gasteiger partial charge in [-0.05, 0) is 48.4 Å². The van der Waals surface area contributed by atoms with Crippen LogP contribution in [0.15, 0.2) is 67.0 Å². The van der Waals surface area contributed by atoms with Gasteiger partial charge in [-0.1, -0.05) is 18.2 Å². The number of carbonyl (C=O) groups excluding carboxylic acids is 1. The maximum atomic E-state index is 11.9. The minimum Gasteiger partial charge on any atom is -0.376 e. The summed E-state index contributed by atoms with van der Waals surface area (Å²) in [6, 6.07) is 18.9. The van der Waals surface area contributed by atoms with E-state index in [1.165, 1.54) is 0 Å². The molecule has 0 spiro atoms. The Bertz CT molecular complexity index is 894. The first-order valence-electron chi connectivity index (χ1n) is 8.34. The van der Waals surface area contributed by atoms with Gasteiger partial charge in [0.1, 0.15) is 0 Å². The first-order valence-corrected chi connectivity index (χ1v) is 8.34. The average molecular weight is 345 g/mol. The normalized spacial score (nSPS) is 10.1. The van der Waals surface area contributed by atoms with Crippen molar-refractivity contribution in [2.75, 3.05) is 18.4 Å². The van der Waals surface area contributed by atoms with Crippen molar-refractivity contribution in [2.45, 2.75) is 6.42 Å². The van der Waals surface area contributed by atoms with Crippen molar-refractivity contribution in [2.24, 2.45) is 0 Å². The summed E-state index contributed by atoms with van der Waals surface area (Å²) >= 11 is 0. The van der Waals surface area contributed by atoms with Crippen molar-refractivity contribution in [3.05, 3.63) is 78.1 Å². The number of nitrogens with one attached hydrogen (secondary N) is 2. The number of nitrogens with zero attached hydrogens (tertiary/aromatic N) is 3. The van der Waals surface area contributed by atoms with Crippen molar-refractivity contribution in [1.29, 1.82) is 5.26 Å². The third-order valence-electron chi connectivity index (χ3n) is 3.86. The van der Waals surface area contributed by atoms with E-state index < -0.39 is 0 Å². The second kappa shape index (κ2) is 8.49. The Kier molecular flexibility index (Phi) is 5.63. The van der Waals surface area contributed by atoms with Crippen molar-refractivity contribution >= 4 is 11.6 Å². The molecule has 2 N–H and O–H groups in total. The summed E-state index contributed by atoms with van der Waals surface area (Å²) in [5, 5.41) is 19.0. The van der Waals surface area contributed by atoms with Gasteiger partial charge in [0.2, 0.25) is 5.91 Å². The van der Waals surface area contributed by atoms with E-state index in [1.54, 1.807) is 24.3 Å². The molecular formula is C20H19N5O. The Morgan fingerprint density at radius 1 is 1.12 bits per heavy atom. The minimum absolute atomic E-state index is 0.0789. The van der Waals surface area contributed by atoms with Crippen LogP contribution in [0.25, 0.3) is 5.69 Å². The maximum Gasteiger partial charge on any atom is 0.239 e. The number of hydrogen-bond donors (Lipinski definition) is 2. The molecule has 1 aromatic heterocycles. The molecule has 0 aliphatic carbocycles. The van der Waals surface area contributed by atoms with Crippen molar-refractivity contribution in [3.63, 3.8) is 0 Å². The van der Waals surface area contributed by atoms with Gasteiger partial charge in [0.15, 0.2) is 0 Å². The molecule has 26 heavy (non-hydrogen) atoms. The molecule has 0 radical (unpaired) electrons. The van der Waals surface area contributed by atoms with E-state index in [1.807, 2.05) is 47.4 Å². The molecular weight excluding hydrogens is 326 g/mol. The molecule has 0 aliphatic heterocycles. The zero-order valence-electron chi connectivity index (χ0n) is 14.2. The SMILES string of the molecule is N#Cc1ccc(NCC(=O)NCCc2cnn(-c3ccccc3)c2)cc1. The summed E-state index contributed by atoms with van der Waals surface area (Å²) in [5.74, 6) is -0.0789. The second-order valence-electron chi connectivity index (χ2n) is 5.77. The number of nitriles is 1. The fourth-order valence-corrected chi connectivity index (χ4v) is 2.46. The number of hydrogen-bond acceptors (Lipinski definition) is 4. The quantitative estimate of drug-likeness (QED) is 0.689. The molecule has 3 aromatic rings. The van der Waals surface area contributed by atoms with E-state index in [4.69, 9.17) is 5.26 Å². The lowest BCUT2D eigenvalue weighted by Crippen LogP contribution is -2.31. The topological polar surface area (TPSA) is 82.7 Å². The van der Waals surface area contributed by atoms with Crippen LogP contribution in [0.4, 0.5) is 5.69 Å². The molecule has 0 unspecified atom stereocenters. The van der Waals surface area contributed by atoms with Crippen molar-refractivity contribution in [1.82, 2.24) is 15.1 Å². The number of amides is 1. The fourth-order valence-electron chi connectivity index (χ4n) is 2.46. The van der Waals surface area contributed by atoms with Crippen LogP contribution in [0.1, 0.15) is 11.1 Å². The van der Waals surface area contributed by atoms with E-state index in [0.29, 0.717) is 12.1 Å². The Labute approximate surface area is 152 Å². The second-order valence-corrected chi connectivity index (χ2v) is 5.77. The van der Waals surface area contributed by atoms with Crippen LogP contribution >= 0.6 is 0 Å². The van der Waals surface area contributed by atoms with E-state index in [-0.39, 0.29) is 12.5 Å². The Morgan fingerprint density at radius 3 is 2.62 bits per heavy atom. The van der Waals surface area contributed by atoms with Gasteiger partial charge in [-0.25, -0.2) is 4.68 Å². The molecule has 0 saturated carbocycles. The predicted octanol–water partition coefficient (Wildman–Crippen LogP) is 2.51. The van der Waals surface area contributed by atoms with Gasteiger partial charge in [0.25, 0.3) is 0 Å². The van der Waals surface area contributed by atoms with E-state index in [2.05, 4.69) is 21.8 Å². The number of para-hydroxylation sites is 1. The number of anilines is 1. The van der Waals surface area contributed by atoms with Crippen LogP contribution in [-0.4, -0.2) is 28.8 Å².